The highest BCUT2D eigenvalue weighted by molar-refractivity contribution is 5.77. The minimum atomic E-state index is 0.236. The molecule has 1 saturated heterocycles. The third kappa shape index (κ3) is 2.99. The Morgan fingerprint density at radius 3 is 2.65 bits per heavy atom. The van der Waals surface area contributed by atoms with Crippen LogP contribution in [0.3, 0.4) is 0 Å². The Morgan fingerprint density at radius 1 is 1.18 bits per heavy atom. The van der Waals surface area contributed by atoms with Gasteiger partial charge in [0.1, 0.15) is 0 Å². The van der Waals surface area contributed by atoms with Crippen LogP contribution in [0.1, 0.15) is 44.9 Å². The summed E-state index contributed by atoms with van der Waals surface area (Å²) in [6, 6.07) is 0.508. The van der Waals surface area contributed by atoms with Crippen LogP contribution in [0.15, 0.2) is 0 Å². The number of hydrogen-bond acceptors (Lipinski definition) is 3. The second-order valence-electron chi connectivity index (χ2n) is 5.53. The van der Waals surface area contributed by atoms with Crippen LogP contribution in [0.25, 0.3) is 0 Å². The van der Waals surface area contributed by atoms with Crippen LogP contribution in [0.2, 0.25) is 0 Å². The van der Waals surface area contributed by atoms with Gasteiger partial charge in [0.2, 0.25) is 5.91 Å². The van der Waals surface area contributed by atoms with E-state index in [4.69, 9.17) is 11.5 Å². The molecule has 0 radical (unpaired) electrons. The Balaban J connectivity index is 1.89. The molecule has 0 spiro atoms. The Labute approximate surface area is 104 Å². The van der Waals surface area contributed by atoms with Crippen molar-refractivity contribution in [2.24, 2.45) is 17.4 Å². The fraction of sp³-hybridized carbons (Fsp3) is 0.923. The smallest absolute Gasteiger partial charge is 0.223 e. The quantitative estimate of drug-likeness (QED) is 0.766. The average molecular weight is 239 g/mol. The second kappa shape index (κ2) is 5.83. The van der Waals surface area contributed by atoms with Crippen molar-refractivity contribution in [3.05, 3.63) is 0 Å². The Bertz CT molecular complexity index is 269. The van der Waals surface area contributed by atoms with Crippen molar-refractivity contribution >= 4 is 5.91 Å². The van der Waals surface area contributed by atoms with E-state index in [9.17, 15) is 4.79 Å². The Morgan fingerprint density at radius 2 is 2.00 bits per heavy atom. The lowest BCUT2D eigenvalue weighted by atomic mass is 9.96. The molecule has 4 heteroatoms. The summed E-state index contributed by atoms with van der Waals surface area (Å²) in [4.78, 5) is 14.3. The summed E-state index contributed by atoms with van der Waals surface area (Å²) in [6.45, 7) is 1.49. The van der Waals surface area contributed by atoms with Gasteiger partial charge in [-0.05, 0) is 38.0 Å². The molecule has 2 aliphatic rings. The first-order valence-corrected chi connectivity index (χ1v) is 6.97. The molecule has 2 fully saturated rings. The van der Waals surface area contributed by atoms with Crippen molar-refractivity contribution in [3.8, 4) is 0 Å². The summed E-state index contributed by atoms with van der Waals surface area (Å²) < 4.78 is 0. The van der Waals surface area contributed by atoms with Gasteiger partial charge in [0.25, 0.3) is 0 Å². The van der Waals surface area contributed by atoms with Crippen molar-refractivity contribution < 1.29 is 4.79 Å². The molecule has 0 aromatic carbocycles. The number of rotatable bonds is 3. The maximum absolute atomic E-state index is 12.3. The van der Waals surface area contributed by atoms with E-state index in [-0.39, 0.29) is 18.0 Å². The molecule has 0 bridgehead atoms. The minimum absolute atomic E-state index is 0.236. The van der Waals surface area contributed by atoms with Gasteiger partial charge in [0.05, 0.1) is 0 Å². The van der Waals surface area contributed by atoms with Gasteiger partial charge < -0.3 is 16.4 Å². The lowest BCUT2D eigenvalue weighted by Crippen LogP contribution is -2.48. The molecular formula is C13H25N3O. The van der Waals surface area contributed by atoms with Crippen LogP contribution in [-0.2, 0) is 4.79 Å². The summed E-state index contributed by atoms with van der Waals surface area (Å²) in [7, 11) is 0. The van der Waals surface area contributed by atoms with Crippen LogP contribution >= 0.6 is 0 Å². The number of carbonyl (C=O) groups is 1. The summed E-state index contributed by atoms with van der Waals surface area (Å²) in [5.74, 6) is 0.686. The van der Waals surface area contributed by atoms with E-state index in [1.165, 1.54) is 12.8 Å². The molecule has 1 amide bonds. The molecule has 1 heterocycles. The van der Waals surface area contributed by atoms with Crippen LogP contribution < -0.4 is 11.5 Å². The van der Waals surface area contributed by atoms with Crippen molar-refractivity contribution in [2.75, 3.05) is 13.1 Å². The largest absolute Gasteiger partial charge is 0.338 e. The van der Waals surface area contributed by atoms with Crippen LogP contribution in [-0.4, -0.2) is 36.0 Å². The SMILES string of the molecule is NCC1CCCCN1C(=O)C[C@@H]1CCC[C@H]1N. The first kappa shape index (κ1) is 12.8. The molecule has 0 aromatic rings. The van der Waals surface area contributed by atoms with Crippen molar-refractivity contribution in [1.82, 2.24) is 4.90 Å². The fourth-order valence-electron chi connectivity index (χ4n) is 3.23. The first-order chi connectivity index (χ1) is 8.22. The average Bonchev–Trinajstić information content (AvgIpc) is 2.75. The number of amides is 1. The third-order valence-electron chi connectivity index (χ3n) is 4.37. The number of hydrogen-bond donors (Lipinski definition) is 2. The predicted molar refractivity (Wildman–Crippen MR) is 68.3 cm³/mol. The van der Waals surface area contributed by atoms with Crippen LogP contribution in [0.4, 0.5) is 0 Å². The van der Waals surface area contributed by atoms with Gasteiger partial charge in [-0.15, -0.1) is 0 Å². The number of carbonyl (C=O) groups excluding carboxylic acids is 1. The van der Waals surface area contributed by atoms with Gasteiger partial charge in [-0.1, -0.05) is 6.42 Å². The van der Waals surface area contributed by atoms with Crippen LogP contribution in [0, 0.1) is 5.92 Å². The van der Waals surface area contributed by atoms with Gasteiger partial charge >= 0.3 is 0 Å². The van der Waals surface area contributed by atoms with E-state index >= 15 is 0 Å². The van der Waals surface area contributed by atoms with Crippen molar-refractivity contribution in [1.29, 1.82) is 0 Å². The number of likely N-dealkylation sites (tertiary alicyclic amines) is 1. The topological polar surface area (TPSA) is 72.3 Å². The zero-order valence-corrected chi connectivity index (χ0v) is 10.6. The molecular weight excluding hydrogens is 214 g/mol. The molecule has 1 aliphatic carbocycles. The molecule has 3 atom stereocenters. The van der Waals surface area contributed by atoms with Gasteiger partial charge in [0, 0.05) is 31.6 Å². The lowest BCUT2D eigenvalue weighted by Gasteiger charge is -2.36. The lowest BCUT2D eigenvalue weighted by molar-refractivity contribution is -0.135. The third-order valence-corrected chi connectivity index (χ3v) is 4.37. The minimum Gasteiger partial charge on any atom is -0.338 e. The van der Waals surface area contributed by atoms with Gasteiger partial charge in [0.15, 0.2) is 0 Å². The van der Waals surface area contributed by atoms with E-state index < -0.39 is 0 Å². The van der Waals surface area contributed by atoms with E-state index in [2.05, 4.69) is 0 Å². The van der Waals surface area contributed by atoms with Crippen molar-refractivity contribution in [2.45, 2.75) is 57.0 Å². The molecule has 2 rings (SSSR count). The number of nitrogens with zero attached hydrogens (tertiary/aromatic N) is 1. The second-order valence-corrected chi connectivity index (χ2v) is 5.53. The maximum atomic E-state index is 12.3. The van der Waals surface area contributed by atoms with Crippen molar-refractivity contribution in [3.63, 3.8) is 0 Å². The molecule has 1 unspecified atom stereocenters. The van der Waals surface area contributed by atoms with E-state index in [0.29, 0.717) is 18.9 Å². The van der Waals surface area contributed by atoms with E-state index in [0.717, 1.165) is 32.2 Å². The van der Waals surface area contributed by atoms with E-state index in [1.54, 1.807) is 0 Å². The van der Waals surface area contributed by atoms with Gasteiger partial charge in [-0.2, -0.15) is 0 Å². The molecule has 4 N–H and O–H groups in total. The zero-order chi connectivity index (χ0) is 12.3. The monoisotopic (exact) mass is 239 g/mol. The summed E-state index contributed by atoms with van der Waals surface area (Å²) >= 11 is 0. The van der Waals surface area contributed by atoms with E-state index in [1.807, 2.05) is 4.90 Å². The predicted octanol–water partition coefficient (Wildman–Crippen LogP) is 0.844. The summed E-state index contributed by atoms with van der Waals surface area (Å²) in [6.07, 6.45) is 7.41. The Hall–Kier alpha value is -0.610. The number of piperidine rings is 1. The molecule has 0 aromatic heterocycles. The molecule has 98 valence electrons. The molecule has 1 aliphatic heterocycles. The normalized spacial score (nSPS) is 34.0. The maximum Gasteiger partial charge on any atom is 0.223 e. The summed E-state index contributed by atoms with van der Waals surface area (Å²) in [5, 5.41) is 0. The standard InChI is InChI=1S/C13H25N3O/c14-9-11-5-1-2-7-16(11)13(17)8-10-4-3-6-12(10)15/h10-12H,1-9,14-15H2/t10-,11?,12+/m0/s1. The van der Waals surface area contributed by atoms with Crippen LogP contribution in [0.5, 0.6) is 0 Å². The zero-order valence-electron chi connectivity index (χ0n) is 10.6. The highest BCUT2D eigenvalue weighted by Crippen LogP contribution is 2.28. The number of nitrogens with two attached hydrogens (primary N) is 2. The molecule has 4 nitrogen and oxygen atoms in total. The first-order valence-electron chi connectivity index (χ1n) is 6.97. The highest BCUT2D eigenvalue weighted by atomic mass is 16.2. The fourth-order valence-corrected chi connectivity index (χ4v) is 3.23. The molecule has 1 saturated carbocycles. The highest BCUT2D eigenvalue weighted by Gasteiger charge is 2.31. The van der Waals surface area contributed by atoms with Gasteiger partial charge in [-0.25, -0.2) is 0 Å². The Kier molecular flexibility index (Phi) is 4.40. The molecule has 17 heavy (non-hydrogen) atoms. The summed E-state index contributed by atoms with van der Waals surface area (Å²) in [5.41, 5.74) is 11.8. The van der Waals surface area contributed by atoms with Gasteiger partial charge in [-0.3, -0.25) is 4.79 Å².